The fraction of sp³-hybridized carbons (Fsp3) is 0.0357. The van der Waals surface area contributed by atoms with Gasteiger partial charge in [0.2, 0.25) is 0 Å². The van der Waals surface area contributed by atoms with Crippen molar-refractivity contribution >= 4 is 22.7 Å². The first-order chi connectivity index (χ1) is 14.7. The largest absolute Gasteiger partial charge is 0.316 e. The first-order valence-electron chi connectivity index (χ1n) is 10.0. The molecule has 0 aliphatic carbocycles. The van der Waals surface area contributed by atoms with Crippen LogP contribution in [0, 0.1) is 6.92 Å². The average Bonchev–Trinajstić information content (AvgIpc) is 2.81. The molecule has 0 saturated carbocycles. The van der Waals surface area contributed by atoms with Gasteiger partial charge in [-0.1, -0.05) is 91.0 Å². The second-order valence-corrected chi connectivity index (χ2v) is 7.09. The minimum atomic E-state index is 0.0103. The molecule has 30 heavy (non-hydrogen) atoms. The number of nitrogens with zero attached hydrogens (tertiary/aromatic N) is 1. The Labute approximate surface area is 177 Å². The number of benzene rings is 4. The second-order valence-electron chi connectivity index (χ2n) is 7.09. The molecule has 0 saturated heterocycles. The molecule has 0 fully saturated rings. The summed E-state index contributed by atoms with van der Waals surface area (Å²) in [5.41, 5.74) is 5.22. The topological polar surface area (TPSA) is 20.3 Å². The number of anilines is 2. The lowest BCUT2D eigenvalue weighted by Crippen LogP contribution is -2.13. The van der Waals surface area contributed by atoms with E-state index in [4.69, 9.17) is 0 Å². The van der Waals surface area contributed by atoms with Crippen LogP contribution in [0.2, 0.25) is 0 Å². The van der Waals surface area contributed by atoms with Crippen molar-refractivity contribution in [1.82, 2.24) is 0 Å². The van der Waals surface area contributed by atoms with Crippen molar-refractivity contribution in [3.63, 3.8) is 0 Å². The smallest absolute Gasteiger partial charge is 0.195 e. The summed E-state index contributed by atoms with van der Waals surface area (Å²) >= 11 is 0. The van der Waals surface area contributed by atoms with Crippen LogP contribution >= 0.6 is 0 Å². The lowest BCUT2D eigenvalue weighted by molar-refractivity contribution is 0.105. The van der Waals surface area contributed by atoms with Crippen LogP contribution in [0.25, 0.3) is 5.57 Å². The summed E-state index contributed by atoms with van der Waals surface area (Å²) in [6, 6.07) is 37.8. The predicted molar refractivity (Wildman–Crippen MR) is 125 cm³/mol. The number of para-hydroxylation sites is 2. The minimum absolute atomic E-state index is 0.0103. The predicted octanol–water partition coefficient (Wildman–Crippen LogP) is 7.06. The molecule has 4 aromatic carbocycles. The van der Waals surface area contributed by atoms with Gasteiger partial charge in [-0.25, -0.2) is 0 Å². The molecule has 0 heterocycles. The molecule has 0 bridgehead atoms. The monoisotopic (exact) mass is 389 g/mol. The maximum Gasteiger partial charge on any atom is 0.195 e. The highest BCUT2D eigenvalue weighted by Crippen LogP contribution is 2.30. The number of hydrogen-bond donors (Lipinski definition) is 0. The van der Waals surface area contributed by atoms with Crippen molar-refractivity contribution in [3.05, 3.63) is 138 Å². The highest BCUT2D eigenvalue weighted by molar-refractivity contribution is 6.29. The summed E-state index contributed by atoms with van der Waals surface area (Å²) in [5, 5.41) is 0. The Morgan fingerprint density at radius 2 is 1.10 bits per heavy atom. The van der Waals surface area contributed by atoms with E-state index in [0.29, 0.717) is 11.1 Å². The molecule has 2 heteroatoms. The van der Waals surface area contributed by atoms with Gasteiger partial charge in [0.1, 0.15) is 0 Å². The zero-order valence-corrected chi connectivity index (χ0v) is 16.9. The van der Waals surface area contributed by atoms with Crippen molar-refractivity contribution in [2.24, 2.45) is 0 Å². The lowest BCUT2D eigenvalue weighted by Gasteiger charge is -2.23. The molecule has 2 nitrogen and oxygen atoms in total. The quantitative estimate of drug-likeness (QED) is 0.260. The van der Waals surface area contributed by atoms with Gasteiger partial charge in [0, 0.05) is 28.7 Å². The van der Waals surface area contributed by atoms with E-state index in [-0.39, 0.29) is 5.78 Å². The van der Waals surface area contributed by atoms with Crippen LogP contribution < -0.4 is 4.90 Å². The fourth-order valence-electron chi connectivity index (χ4n) is 3.46. The molecule has 4 aromatic rings. The first-order valence-corrected chi connectivity index (χ1v) is 10.0. The molecule has 0 unspecified atom stereocenters. The molecule has 0 radical (unpaired) electrons. The average molecular weight is 389 g/mol. The lowest BCUT2D eigenvalue weighted by atomic mass is 9.94. The van der Waals surface area contributed by atoms with Crippen molar-refractivity contribution < 1.29 is 4.79 Å². The number of rotatable bonds is 6. The van der Waals surface area contributed by atoms with Gasteiger partial charge in [0.25, 0.3) is 0 Å². The van der Waals surface area contributed by atoms with E-state index < -0.39 is 0 Å². The molecular weight excluding hydrogens is 366 g/mol. The van der Waals surface area contributed by atoms with Gasteiger partial charge in [0.15, 0.2) is 5.78 Å². The normalized spacial score (nSPS) is 11.2. The number of hydrogen-bond acceptors (Lipinski definition) is 2. The molecule has 4 rings (SSSR count). The third-order valence-corrected chi connectivity index (χ3v) is 5.05. The fourth-order valence-corrected chi connectivity index (χ4v) is 3.46. The maximum absolute atomic E-state index is 13.7. The molecular formula is C28H23NO. The van der Waals surface area contributed by atoms with Crippen molar-refractivity contribution in [3.8, 4) is 0 Å². The van der Waals surface area contributed by atoms with Crippen LogP contribution in [-0.2, 0) is 0 Å². The molecule has 0 spiro atoms. The number of aryl methyl sites for hydroxylation is 1. The Balaban J connectivity index is 1.90. The zero-order valence-electron chi connectivity index (χ0n) is 16.9. The van der Waals surface area contributed by atoms with E-state index in [1.165, 1.54) is 0 Å². The SMILES string of the molecule is Cc1ccccc1C(=O)/C(=C/N(c1ccccc1)c1ccccc1)c1ccccc1. The Morgan fingerprint density at radius 1 is 0.633 bits per heavy atom. The zero-order chi connectivity index (χ0) is 20.8. The van der Waals surface area contributed by atoms with E-state index in [1.807, 2.05) is 128 Å². The third kappa shape index (κ3) is 4.23. The summed E-state index contributed by atoms with van der Waals surface area (Å²) < 4.78 is 0. The van der Waals surface area contributed by atoms with E-state index in [9.17, 15) is 4.79 Å². The second kappa shape index (κ2) is 9.06. The van der Waals surface area contributed by atoms with Crippen molar-refractivity contribution in [2.75, 3.05) is 4.90 Å². The summed E-state index contributed by atoms with van der Waals surface area (Å²) in [7, 11) is 0. The van der Waals surface area contributed by atoms with Gasteiger partial charge < -0.3 is 4.90 Å². The van der Waals surface area contributed by atoms with E-state index in [1.54, 1.807) is 0 Å². The number of Topliss-reactive ketones (excluding diaryl/α,β-unsaturated/α-hetero) is 1. The Morgan fingerprint density at radius 3 is 1.63 bits per heavy atom. The molecule has 0 atom stereocenters. The number of allylic oxidation sites excluding steroid dienone is 1. The van der Waals surface area contributed by atoms with E-state index in [2.05, 4.69) is 4.90 Å². The molecule has 146 valence electrons. The van der Waals surface area contributed by atoms with E-state index in [0.717, 1.165) is 22.5 Å². The highest BCUT2D eigenvalue weighted by atomic mass is 16.1. The van der Waals surface area contributed by atoms with Crippen LogP contribution in [-0.4, -0.2) is 5.78 Å². The van der Waals surface area contributed by atoms with Gasteiger partial charge in [-0.3, -0.25) is 4.79 Å². The number of carbonyl (C=O) groups is 1. The van der Waals surface area contributed by atoms with E-state index >= 15 is 0 Å². The van der Waals surface area contributed by atoms with Crippen LogP contribution in [0.5, 0.6) is 0 Å². The van der Waals surface area contributed by atoms with Gasteiger partial charge >= 0.3 is 0 Å². The van der Waals surface area contributed by atoms with Gasteiger partial charge in [-0.05, 0) is 42.3 Å². The van der Waals surface area contributed by atoms with Crippen LogP contribution in [0.15, 0.2) is 121 Å². The Hall–Kier alpha value is -3.91. The molecule has 0 aromatic heterocycles. The third-order valence-electron chi connectivity index (χ3n) is 5.05. The standard InChI is InChI=1S/C28H23NO/c1-22-13-11-12-20-26(22)28(30)27(23-14-5-2-6-15-23)21-29(24-16-7-3-8-17-24)25-18-9-4-10-19-25/h2-21H,1H3/b27-21+. The number of carbonyl (C=O) groups excluding carboxylic acids is 1. The molecule has 0 N–H and O–H groups in total. The molecule has 0 aliphatic heterocycles. The van der Waals surface area contributed by atoms with Crippen molar-refractivity contribution in [1.29, 1.82) is 0 Å². The summed E-state index contributed by atoms with van der Waals surface area (Å²) in [5.74, 6) is 0.0103. The van der Waals surface area contributed by atoms with Gasteiger partial charge in [-0.2, -0.15) is 0 Å². The highest BCUT2D eigenvalue weighted by Gasteiger charge is 2.18. The van der Waals surface area contributed by atoms with Gasteiger partial charge in [-0.15, -0.1) is 0 Å². The Bertz CT molecular complexity index is 1110. The van der Waals surface area contributed by atoms with Crippen LogP contribution in [0.1, 0.15) is 21.5 Å². The summed E-state index contributed by atoms with van der Waals surface area (Å²) in [4.78, 5) is 15.7. The van der Waals surface area contributed by atoms with Crippen LogP contribution in [0.3, 0.4) is 0 Å². The van der Waals surface area contributed by atoms with Gasteiger partial charge in [0.05, 0.1) is 0 Å². The molecule has 0 aliphatic rings. The summed E-state index contributed by atoms with van der Waals surface area (Å²) in [6.07, 6.45) is 1.95. The summed E-state index contributed by atoms with van der Waals surface area (Å²) in [6.45, 7) is 1.97. The molecule has 0 amide bonds. The first kappa shape index (κ1) is 19.4. The number of ketones is 1. The Kier molecular flexibility index (Phi) is 5.86. The maximum atomic E-state index is 13.7. The minimum Gasteiger partial charge on any atom is -0.316 e. The van der Waals surface area contributed by atoms with Crippen molar-refractivity contribution in [2.45, 2.75) is 6.92 Å². The van der Waals surface area contributed by atoms with Crippen LogP contribution in [0.4, 0.5) is 11.4 Å².